The summed E-state index contributed by atoms with van der Waals surface area (Å²) in [4.78, 5) is 13.1. The lowest BCUT2D eigenvalue weighted by Gasteiger charge is -2.10. The Labute approximate surface area is 169 Å². The molecule has 0 aliphatic rings. The van der Waals surface area contributed by atoms with Crippen molar-refractivity contribution in [3.8, 4) is 11.5 Å². The van der Waals surface area contributed by atoms with Gasteiger partial charge >= 0.3 is 0 Å². The molecule has 0 fully saturated rings. The lowest BCUT2D eigenvalue weighted by atomic mass is 10.1. The summed E-state index contributed by atoms with van der Waals surface area (Å²) in [5.74, 6) is 1.82. The summed E-state index contributed by atoms with van der Waals surface area (Å²) in [6, 6.07) is 13.1. The molecular formula is C20H23ClN2O3S. The Balaban J connectivity index is 1.91. The minimum Gasteiger partial charge on any atom is -0.493 e. The summed E-state index contributed by atoms with van der Waals surface area (Å²) < 4.78 is 10.6. The molecule has 0 aromatic heterocycles. The first-order valence-electron chi connectivity index (χ1n) is 8.53. The maximum absolute atomic E-state index is 12.1. The molecular weight excluding hydrogens is 384 g/mol. The molecule has 0 saturated heterocycles. The molecule has 0 spiro atoms. The largest absolute Gasteiger partial charge is 0.493 e. The van der Waals surface area contributed by atoms with E-state index in [-0.39, 0.29) is 5.91 Å². The number of ether oxygens (including phenoxy) is 2. The third kappa shape index (κ3) is 6.48. The van der Waals surface area contributed by atoms with Crippen LogP contribution < -0.4 is 14.9 Å². The number of hydrazone groups is 1. The number of amides is 1. The molecule has 0 saturated carbocycles. The van der Waals surface area contributed by atoms with E-state index in [4.69, 9.17) is 21.1 Å². The van der Waals surface area contributed by atoms with Crippen LogP contribution in [0.1, 0.15) is 25.3 Å². The molecule has 2 aromatic carbocycles. The SMILES string of the molecule is CC/C(=N\NC(=O)CCSc1ccc(Cl)cc1)c1ccc(OC)c(OC)c1. The number of halogens is 1. The molecule has 0 aliphatic heterocycles. The predicted octanol–water partition coefficient (Wildman–Crippen LogP) is 4.77. The van der Waals surface area contributed by atoms with Crippen LogP contribution in [0.5, 0.6) is 11.5 Å². The summed E-state index contributed by atoms with van der Waals surface area (Å²) in [5.41, 5.74) is 4.29. The Morgan fingerprint density at radius 3 is 2.44 bits per heavy atom. The highest BCUT2D eigenvalue weighted by molar-refractivity contribution is 7.99. The second kappa shape index (κ2) is 10.8. The average Bonchev–Trinajstić information content (AvgIpc) is 2.69. The molecule has 0 heterocycles. The number of nitrogens with one attached hydrogen (secondary N) is 1. The fourth-order valence-corrected chi connectivity index (χ4v) is 3.32. The molecule has 144 valence electrons. The van der Waals surface area contributed by atoms with Gasteiger partial charge in [0.15, 0.2) is 11.5 Å². The van der Waals surface area contributed by atoms with Gasteiger partial charge in [-0.1, -0.05) is 18.5 Å². The zero-order chi connectivity index (χ0) is 19.6. The average molecular weight is 407 g/mol. The fourth-order valence-electron chi connectivity index (χ4n) is 2.34. The Hall–Kier alpha value is -2.18. The van der Waals surface area contributed by atoms with E-state index in [1.165, 1.54) is 0 Å². The molecule has 27 heavy (non-hydrogen) atoms. The number of hydrogen-bond donors (Lipinski definition) is 1. The van der Waals surface area contributed by atoms with Crippen LogP contribution in [0.25, 0.3) is 0 Å². The second-order valence-electron chi connectivity index (χ2n) is 5.57. The van der Waals surface area contributed by atoms with Crippen LogP contribution in [-0.4, -0.2) is 31.6 Å². The van der Waals surface area contributed by atoms with E-state index in [0.717, 1.165) is 16.2 Å². The highest BCUT2D eigenvalue weighted by Crippen LogP contribution is 2.28. The number of rotatable bonds is 9. The number of thioether (sulfide) groups is 1. The Bertz CT molecular complexity index is 794. The van der Waals surface area contributed by atoms with Gasteiger partial charge in [-0.2, -0.15) is 5.10 Å². The highest BCUT2D eigenvalue weighted by Gasteiger charge is 2.09. The van der Waals surface area contributed by atoms with Gasteiger partial charge in [0, 0.05) is 27.7 Å². The summed E-state index contributed by atoms with van der Waals surface area (Å²) in [5, 5.41) is 4.98. The maximum atomic E-state index is 12.1. The van der Waals surface area contributed by atoms with Gasteiger partial charge in [-0.25, -0.2) is 5.43 Å². The van der Waals surface area contributed by atoms with Crippen LogP contribution >= 0.6 is 23.4 Å². The molecule has 7 heteroatoms. The first kappa shape index (κ1) is 21.1. The lowest BCUT2D eigenvalue weighted by Crippen LogP contribution is -2.20. The maximum Gasteiger partial charge on any atom is 0.240 e. The van der Waals surface area contributed by atoms with Crippen molar-refractivity contribution in [2.75, 3.05) is 20.0 Å². The number of methoxy groups -OCH3 is 2. The van der Waals surface area contributed by atoms with Gasteiger partial charge in [0.2, 0.25) is 5.91 Å². The third-order valence-electron chi connectivity index (χ3n) is 3.78. The molecule has 0 bridgehead atoms. The van der Waals surface area contributed by atoms with Crippen molar-refractivity contribution in [2.45, 2.75) is 24.7 Å². The van der Waals surface area contributed by atoms with Crippen molar-refractivity contribution in [3.63, 3.8) is 0 Å². The summed E-state index contributed by atoms with van der Waals surface area (Å²) in [7, 11) is 3.18. The van der Waals surface area contributed by atoms with Crippen LogP contribution in [0.2, 0.25) is 5.02 Å². The van der Waals surface area contributed by atoms with Crippen molar-refractivity contribution in [1.29, 1.82) is 0 Å². The van der Waals surface area contributed by atoms with Gasteiger partial charge in [0.25, 0.3) is 0 Å². The highest BCUT2D eigenvalue weighted by atomic mass is 35.5. The zero-order valence-corrected chi connectivity index (χ0v) is 17.2. The van der Waals surface area contributed by atoms with Crippen LogP contribution in [-0.2, 0) is 4.79 Å². The molecule has 2 rings (SSSR count). The normalized spacial score (nSPS) is 11.2. The minimum absolute atomic E-state index is 0.122. The standard InChI is InChI=1S/C20H23ClN2O3S/c1-4-17(14-5-10-18(25-2)19(13-14)26-3)22-23-20(24)11-12-27-16-8-6-15(21)7-9-16/h5-10,13H,4,11-12H2,1-3H3,(H,23,24)/b22-17+. The van der Waals surface area contributed by atoms with Crippen molar-refractivity contribution >= 4 is 35.0 Å². The Kier molecular flexibility index (Phi) is 8.48. The van der Waals surface area contributed by atoms with Gasteiger partial charge in [-0.15, -0.1) is 11.8 Å². The van der Waals surface area contributed by atoms with Crippen LogP contribution in [0.3, 0.4) is 0 Å². The van der Waals surface area contributed by atoms with Crippen LogP contribution in [0, 0.1) is 0 Å². The van der Waals surface area contributed by atoms with Crippen molar-refractivity contribution < 1.29 is 14.3 Å². The monoisotopic (exact) mass is 406 g/mol. The molecule has 1 N–H and O–H groups in total. The van der Waals surface area contributed by atoms with Crippen molar-refractivity contribution in [3.05, 3.63) is 53.1 Å². The summed E-state index contributed by atoms with van der Waals surface area (Å²) >= 11 is 7.47. The van der Waals surface area contributed by atoms with Crippen LogP contribution in [0.4, 0.5) is 0 Å². The summed E-state index contributed by atoms with van der Waals surface area (Å²) in [6.45, 7) is 1.98. The number of carbonyl (C=O) groups excluding carboxylic acids is 1. The topological polar surface area (TPSA) is 59.9 Å². The molecule has 0 unspecified atom stereocenters. The van der Waals surface area contributed by atoms with Gasteiger partial charge in [0.05, 0.1) is 19.9 Å². The Morgan fingerprint density at radius 2 is 1.81 bits per heavy atom. The molecule has 5 nitrogen and oxygen atoms in total. The van der Waals surface area contributed by atoms with E-state index < -0.39 is 0 Å². The Morgan fingerprint density at radius 1 is 1.11 bits per heavy atom. The lowest BCUT2D eigenvalue weighted by molar-refractivity contribution is -0.120. The van der Waals surface area contributed by atoms with Crippen molar-refractivity contribution in [1.82, 2.24) is 5.43 Å². The number of benzene rings is 2. The van der Waals surface area contributed by atoms with Gasteiger partial charge in [-0.3, -0.25) is 4.79 Å². The quantitative estimate of drug-likeness (QED) is 0.370. The molecule has 0 radical (unpaired) electrons. The van der Waals surface area contributed by atoms with Gasteiger partial charge < -0.3 is 9.47 Å². The van der Waals surface area contributed by atoms with Gasteiger partial charge in [-0.05, 0) is 48.9 Å². The number of hydrogen-bond acceptors (Lipinski definition) is 5. The number of carbonyl (C=O) groups is 1. The summed E-state index contributed by atoms with van der Waals surface area (Å²) in [6.07, 6.45) is 1.05. The fraction of sp³-hybridized carbons (Fsp3) is 0.300. The molecule has 0 aliphatic carbocycles. The third-order valence-corrected chi connectivity index (χ3v) is 5.04. The number of nitrogens with zero attached hydrogens (tertiary/aromatic N) is 1. The van der Waals surface area contributed by atoms with E-state index in [1.54, 1.807) is 26.0 Å². The van der Waals surface area contributed by atoms with E-state index in [9.17, 15) is 4.79 Å². The first-order chi connectivity index (χ1) is 13.1. The molecule has 1 amide bonds. The first-order valence-corrected chi connectivity index (χ1v) is 9.90. The molecule has 2 aromatic rings. The van der Waals surface area contributed by atoms with E-state index >= 15 is 0 Å². The van der Waals surface area contributed by atoms with E-state index in [0.29, 0.717) is 35.1 Å². The van der Waals surface area contributed by atoms with E-state index in [1.807, 2.05) is 49.4 Å². The van der Waals surface area contributed by atoms with Crippen molar-refractivity contribution in [2.24, 2.45) is 5.10 Å². The van der Waals surface area contributed by atoms with E-state index in [2.05, 4.69) is 10.5 Å². The second-order valence-corrected chi connectivity index (χ2v) is 7.17. The minimum atomic E-state index is -0.122. The van der Waals surface area contributed by atoms with Crippen LogP contribution in [0.15, 0.2) is 52.5 Å². The molecule has 0 atom stereocenters. The smallest absolute Gasteiger partial charge is 0.240 e. The zero-order valence-electron chi connectivity index (χ0n) is 15.6. The predicted molar refractivity (Wildman–Crippen MR) is 111 cm³/mol. The van der Waals surface area contributed by atoms with Gasteiger partial charge in [0.1, 0.15) is 0 Å².